The van der Waals surface area contributed by atoms with E-state index in [1.807, 2.05) is 0 Å². The molecule has 2 heteroatoms. The van der Waals surface area contributed by atoms with Crippen LogP contribution in [-0.2, 0) is 5.41 Å². The lowest BCUT2D eigenvalue weighted by Gasteiger charge is -2.61. The molecule has 288 valence electrons. The first-order valence-electron chi connectivity index (χ1n) is 22.1. The second-order valence-corrected chi connectivity index (χ2v) is 18.1. The Balaban J connectivity index is 1.12. The van der Waals surface area contributed by atoms with Crippen molar-refractivity contribution in [2.45, 2.75) is 37.5 Å². The van der Waals surface area contributed by atoms with E-state index in [1.165, 1.54) is 104 Å². The normalized spacial score (nSPS) is 22.1. The first-order valence-corrected chi connectivity index (χ1v) is 22.1. The standard InChI is InChI=1S/C58H46N2/c1-4-15-40(16-5-1)42-27-30-54(50(36-42)41-17-6-2-7-18-41)60(46-28-29-48-47-21-11-13-25-53(47)59(56(48)37-46)45-19-8-3-9-20-45)55-26-14-24-52-57(55)49-22-10-12-23-51(49)58(52)43-32-38-31-39(34-43)35-44(58)33-38/h1-30,36-39,43-44H,31-35H2. The molecule has 0 atom stereocenters. The van der Waals surface area contributed by atoms with Gasteiger partial charge in [0.1, 0.15) is 0 Å². The highest BCUT2D eigenvalue weighted by Crippen LogP contribution is 2.70. The van der Waals surface area contributed by atoms with Gasteiger partial charge in [-0.15, -0.1) is 0 Å². The third-order valence-corrected chi connectivity index (χ3v) is 15.2. The lowest BCUT2D eigenvalue weighted by molar-refractivity contribution is -0.0399. The first-order chi connectivity index (χ1) is 29.7. The summed E-state index contributed by atoms with van der Waals surface area (Å²) in [5, 5.41) is 2.53. The van der Waals surface area contributed by atoms with Crippen LogP contribution in [-0.4, -0.2) is 4.57 Å². The number of fused-ring (bicyclic) bond motifs is 6. The number of rotatable bonds is 6. The van der Waals surface area contributed by atoms with E-state index in [-0.39, 0.29) is 5.41 Å². The van der Waals surface area contributed by atoms with Crippen molar-refractivity contribution in [3.05, 3.63) is 205 Å². The van der Waals surface area contributed by atoms with Crippen molar-refractivity contribution in [3.8, 4) is 39.1 Å². The van der Waals surface area contributed by atoms with E-state index < -0.39 is 0 Å². The molecular formula is C58H46N2. The van der Waals surface area contributed by atoms with Crippen molar-refractivity contribution >= 4 is 38.9 Å². The van der Waals surface area contributed by atoms with Crippen molar-refractivity contribution in [1.29, 1.82) is 0 Å². The molecule has 5 aliphatic rings. The van der Waals surface area contributed by atoms with Crippen LogP contribution < -0.4 is 4.90 Å². The molecule has 0 amide bonds. The van der Waals surface area contributed by atoms with Crippen LogP contribution in [0.1, 0.15) is 43.2 Å². The maximum absolute atomic E-state index is 2.62. The molecule has 0 aliphatic heterocycles. The Kier molecular flexibility index (Phi) is 7.52. The third kappa shape index (κ3) is 4.88. The smallest absolute Gasteiger partial charge is 0.0561 e. The van der Waals surface area contributed by atoms with Crippen LogP contribution in [0.4, 0.5) is 17.1 Å². The predicted octanol–water partition coefficient (Wildman–Crippen LogP) is 15.3. The molecule has 1 heterocycles. The highest BCUT2D eigenvalue weighted by molar-refractivity contribution is 6.11. The summed E-state index contributed by atoms with van der Waals surface area (Å²) >= 11 is 0. The molecular weight excluding hydrogens is 725 g/mol. The number of benzene rings is 8. The van der Waals surface area contributed by atoms with E-state index >= 15 is 0 Å². The molecule has 1 aromatic heterocycles. The van der Waals surface area contributed by atoms with Gasteiger partial charge in [0.2, 0.25) is 0 Å². The van der Waals surface area contributed by atoms with Gasteiger partial charge in [-0.3, -0.25) is 0 Å². The minimum atomic E-state index is 0.0736. The third-order valence-electron chi connectivity index (χ3n) is 15.2. The molecule has 0 radical (unpaired) electrons. The van der Waals surface area contributed by atoms with E-state index in [9.17, 15) is 0 Å². The van der Waals surface area contributed by atoms with Crippen molar-refractivity contribution in [3.63, 3.8) is 0 Å². The average molecular weight is 771 g/mol. The highest BCUT2D eigenvalue weighted by Gasteiger charge is 2.61. The van der Waals surface area contributed by atoms with Gasteiger partial charge in [-0.1, -0.05) is 146 Å². The van der Waals surface area contributed by atoms with E-state index in [0.29, 0.717) is 11.8 Å². The van der Waals surface area contributed by atoms with E-state index in [0.717, 1.165) is 17.5 Å². The number of hydrogen-bond acceptors (Lipinski definition) is 1. The summed E-state index contributed by atoms with van der Waals surface area (Å²) in [6, 6.07) is 72.9. The van der Waals surface area contributed by atoms with Crippen molar-refractivity contribution in [1.82, 2.24) is 4.57 Å². The van der Waals surface area contributed by atoms with Crippen LogP contribution in [0.15, 0.2) is 194 Å². The van der Waals surface area contributed by atoms with Crippen LogP contribution in [0, 0.1) is 23.7 Å². The van der Waals surface area contributed by atoms with Crippen LogP contribution in [0.3, 0.4) is 0 Å². The Labute approximate surface area is 352 Å². The largest absolute Gasteiger partial charge is 0.309 e. The van der Waals surface area contributed by atoms with Gasteiger partial charge in [-0.25, -0.2) is 0 Å². The van der Waals surface area contributed by atoms with Gasteiger partial charge in [0.15, 0.2) is 0 Å². The summed E-state index contributed by atoms with van der Waals surface area (Å²) < 4.78 is 2.46. The lowest BCUT2D eigenvalue weighted by Crippen LogP contribution is -2.55. The molecule has 4 saturated carbocycles. The van der Waals surface area contributed by atoms with Gasteiger partial charge in [-0.05, 0) is 138 Å². The molecule has 14 rings (SSSR count). The zero-order valence-electron chi connectivity index (χ0n) is 33.7. The molecule has 8 aromatic carbocycles. The fourth-order valence-corrected chi connectivity index (χ4v) is 13.1. The van der Waals surface area contributed by atoms with E-state index in [1.54, 1.807) is 11.1 Å². The summed E-state index contributed by atoms with van der Waals surface area (Å²) in [6.07, 6.45) is 6.93. The molecule has 1 spiro atoms. The fraction of sp³-hybridized carbons (Fsp3) is 0.172. The second-order valence-electron chi connectivity index (χ2n) is 18.1. The molecule has 0 unspecified atom stereocenters. The maximum Gasteiger partial charge on any atom is 0.0561 e. The Morgan fingerprint density at radius 2 is 1.05 bits per heavy atom. The highest BCUT2D eigenvalue weighted by atomic mass is 15.2. The molecule has 60 heavy (non-hydrogen) atoms. The Bertz CT molecular complexity index is 3080. The van der Waals surface area contributed by atoms with Gasteiger partial charge in [0, 0.05) is 38.7 Å². The topological polar surface area (TPSA) is 8.17 Å². The van der Waals surface area contributed by atoms with Gasteiger partial charge >= 0.3 is 0 Å². The zero-order valence-corrected chi connectivity index (χ0v) is 33.7. The van der Waals surface area contributed by atoms with Gasteiger partial charge in [-0.2, -0.15) is 0 Å². The molecule has 5 aliphatic carbocycles. The summed E-state index contributed by atoms with van der Waals surface area (Å²) in [6.45, 7) is 0. The van der Waals surface area contributed by atoms with Crippen LogP contribution in [0.2, 0.25) is 0 Å². The van der Waals surface area contributed by atoms with E-state index in [4.69, 9.17) is 0 Å². The van der Waals surface area contributed by atoms with E-state index in [2.05, 4.69) is 204 Å². The molecule has 4 fully saturated rings. The molecule has 9 aromatic rings. The maximum atomic E-state index is 2.62. The summed E-state index contributed by atoms with van der Waals surface area (Å²) in [5.74, 6) is 3.19. The summed E-state index contributed by atoms with van der Waals surface area (Å²) in [5.41, 5.74) is 18.1. The lowest BCUT2D eigenvalue weighted by atomic mass is 9.43. The second kappa shape index (κ2) is 13.2. The summed E-state index contributed by atoms with van der Waals surface area (Å²) in [7, 11) is 0. The monoisotopic (exact) mass is 770 g/mol. The van der Waals surface area contributed by atoms with Crippen molar-refractivity contribution < 1.29 is 0 Å². The number of anilines is 3. The minimum Gasteiger partial charge on any atom is -0.309 e. The van der Waals surface area contributed by atoms with Crippen molar-refractivity contribution in [2.75, 3.05) is 4.90 Å². The van der Waals surface area contributed by atoms with Gasteiger partial charge in [0.25, 0.3) is 0 Å². The number of nitrogens with zero attached hydrogens (tertiary/aromatic N) is 2. The minimum absolute atomic E-state index is 0.0736. The summed E-state index contributed by atoms with van der Waals surface area (Å²) in [4.78, 5) is 2.62. The predicted molar refractivity (Wildman–Crippen MR) is 250 cm³/mol. The quantitative estimate of drug-likeness (QED) is 0.163. The Morgan fingerprint density at radius 1 is 0.417 bits per heavy atom. The molecule has 0 N–H and O–H groups in total. The molecule has 4 bridgehead atoms. The van der Waals surface area contributed by atoms with Crippen LogP contribution in [0.25, 0.3) is 60.9 Å². The number of para-hydroxylation sites is 2. The van der Waals surface area contributed by atoms with Gasteiger partial charge < -0.3 is 9.47 Å². The Hall–Kier alpha value is -6.64. The fourth-order valence-electron chi connectivity index (χ4n) is 13.1. The molecule has 0 saturated heterocycles. The number of aromatic nitrogens is 1. The van der Waals surface area contributed by atoms with Crippen molar-refractivity contribution in [2.24, 2.45) is 23.7 Å². The Morgan fingerprint density at radius 3 is 1.82 bits per heavy atom. The van der Waals surface area contributed by atoms with Crippen LogP contribution in [0.5, 0.6) is 0 Å². The van der Waals surface area contributed by atoms with Gasteiger partial charge in [0.05, 0.1) is 22.4 Å². The number of hydrogen-bond donors (Lipinski definition) is 0. The zero-order chi connectivity index (χ0) is 39.4. The SMILES string of the molecule is c1ccc(-c2ccc(N(c3ccc4c5ccccc5n(-c5ccccc5)c4c3)c3cccc4c3-c3ccccc3C43C4CC5CC(C4)CC3C5)c(-c3ccccc3)c2)cc1. The van der Waals surface area contributed by atoms with Crippen LogP contribution >= 0.6 is 0 Å². The molecule has 2 nitrogen and oxygen atoms in total. The average Bonchev–Trinajstić information content (AvgIpc) is 3.80. The first kappa shape index (κ1) is 34.2.